The summed E-state index contributed by atoms with van der Waals surface area (Å²) < 4.78 is 41.8. The molecule has 0 radical (unpaired) electrons. The summed E-state index contributed by atoms with van der Waals surface area (Å²) in [4.78, 5) is 11.0. The zero-order chi connectivity index (χ0) is 22.3. The van der Waals surface area contributed by atoms with E-state index in [9.17, 15) is 13.2 Å². The van der Waals surface area contributed by atoms with E-state index in [1.807, 2.05) is 6.92 Å². The highest BCUT2D eigenvalue weighted by Crippen LogP contribution is 2.37. The summed E-state index contributed by atoms with van der Waals surface area (Å²) in [6, 6.07) is 8.40. The lowest BCUT2D eigenvalue weighted by Gasteiger charge is -2.15. The SMILES string of the molecule is CCCOc1c(Cl)cc(S(=O)(=O)c2ccc(OC[C@@H](CCl)OC(C)=O)cc2)cc1Cl. The van der Waals surface area contributed by atoms with Gasteiger partial charge in [0, 0.05) is 6.92 Å². The number of ether oxygens (including phenoxy) is 3. The number of sulfone groups is 1. The molecule has 0 aromatic heterocycles. The summed E-state index contributed by atoms with van der Waals surface area (Å²) >= 11 is 18.1. The van der Waals surface area contributed by atoms with Gasteiger partial charge < -0.3 is 14.2 Å². The molecule has 0 heterocycles. The zero-order valence-electron chi connectivity index (χ0n) is 16.4. The molecule has 6 nitrogen and oxygen atoms in total. The van der Waals surface area contributed by atoms with Gasteiger partial charge in [0.05, 0.1) is 32.3 Å². The van der Waals surface area contributed by atoms with Gasteiger partial charge in [0.2, 0.25) is 9.84 Å². The number of carbonyl (C=O) groups excluding carboxylic acids is 1. The average molecular weight is 496 g/mol. The Labute approximate surface area is 190 Å². The Morgan fingerprint density at radius 2 is 1.63 bits per heavy atom. The van der Waals surface area contributed by atoms with Crippen LogP contribution in [-0.2, 0) is 19.4 Å². The summed E-state index contributed by atoms with van der Waals surface area (Å²) in [6.07, 6.45) is 0.151. The molecule has 0 unspecified atom stereocenters. The molecule has 0 saturated heterocycles. The van der Waals surface area contributed by atoms with Crippen LogP contribution in [0, 0.1) is 0 Å². The minimum Gasteiger partial charge on any atom is -0.490 e. The van der Waals surface area contributed by atoms with E-state index in [4.69, 9.17) is 49.0 Å². The molecule has 0 bridgehead atoms. The van der Waals surface area contributed by atoms with Crippen molar-refractivity contribution in [1.82, 2.24) is 0 Å². The molecular weight excluding hydrogens is 475 g/mol. The Balaban J connectivity index is 2.18. The van der Waals surface area contributed by atoms with Gasteiger partial charge in [-0.25, -0.2) is 8.42 Å². The van der Waals surface area contributed by atoms with Gasteiger partial charge in [-0.1, -0.05) is 30.1 Å². The van der Waals surface area contributed by atoms with Gasteiger partial charge >= 0.3 is 5.97 Å². The Kier molecular flexibility index (Phi) is 9.09. The number of alkyl halides is 1. The third-order valence-electron chi connectivity index (χ3n) is 3.81. The fourth-order valence-corrected chi connectivity index (χ4v) is 4.61. The minimum atomic E-state index is -3.86. The van der Waals surface area contributed by atoms with Crippen molar-refractivity contribution in [2.75, 3.05) is 19.1 Å². The normalized spacial score (nSPS) is 12.3. The molecule has 0 aliphatic carbocycles. The van der Waals surface area contributed by atoms with Gasteiger partial charge in [-0.05, 0) is 42.8 Å². The van der Waals surface area contributed by atoms with Crippen molar-refractivity contribution in [1.29, 1.82) is 0 Å². The minimum absolute atomic E-state index is 0.0399. The molecule has 0 N–H and O–H groups in total. The molecule has 0 fully saturated rings. The monoisotopic (exact) mass is 494 g/mol. The Morgan fingerprint density at radius 1 is 1.03 bits per heavy atom. The Bertz CT molecular complexity index is 954. The van der Waals surface area contributed by atoms with Crippen LogP contribution in [-0.4, -0.2) is 39.6 Å². The molecule has 0 saturated carbocycles. The summed E-state index contributed by atoms with van der Waals surface area (Å²) in [7, 11) is -3.86. The number of benzene rings is 2. The number of hydrogen-bond donors (Lipinski definition) is 0. The average Bonchev–Trinajstić information content (AvgIpc) is 2.70. The fourth-order valence-electron chi connectivity index (χ4n) is 2.42. The molecule has 2 aromatic rings. The van der Waals surface area contributed by atoms with E-state index in [1.165, 1.54) is 43.3 Å². The van der Waals surface area contributed by atoms with Crippen LogP contribution in [0.3, 0.4) is 0 Å². The quantitative estimate of drug-likeness (QED) is 0.334. The van der Waals surface area contributed by atoms with E-state index in [1.54, 1.807) is 0 Å². The number of hydrogen-bond acceptors (Lipinski definition) is 6. The lowest BCUT2D eigenvalue weighted by molar-refractivity contribution is -0.146. The lowest BCUT2D eigenvalue weighted by atomic mass is 10.3. The summed E-state index contributed by atoms with van der Waals surface area (Å²) in [5, 5.41) is 0.235. The molecule has 30 heavy (non-hydrogen) atoms. The fraction of sp³-hybridized carbons (Fsp3) is 0.350. The highest BCUT2D eigenvalue weighted by atomic mass is 35.5. The first-order valence-corrected chi connectivity index (χ1v) is 11.8. The van der Waals surface area contributed by atoms with Crippen LogP contribution in [0.25, 0.3) is 0 Å². The third-order valence-corrected chi connectivity index (χ3v) is 6.46. The van der Waals surface area contributed by atoms with Crippen LogP contribution in [0.2, 0.25) is 10.0 Å². The van der Waals surface area contributed by atoms with Crippen molar-refractivity contribution >= 4 is 50.6 Å². The number of halogens is 3. The molecule has 2 rings (SSSR count). The third kappa shape index (κ3) is 6.41. The first kappa shape index (κ1) is 24.6. The highest BCUT2D eigenvalue weighted by Gasteiger charge is 2.22. The van der Waals surface area contributed by atoms with Crippen molar-refractivity contribution < 1.29 is 27.4 Å². The lowest BCUT2D eigenvalue weighted by Crippen LogP contribution is -2.25. The van der Waals surface area contributed by atoms with Crippen LogP contribution in [0.4, 0.5) is 0 Å². The Morgan fingerprint density at radius 3 is 2.13 bits per heavy atom. The van der Waals surface area contributed by atoms with E-state index < -0.39 is 21.9 Å². The van der Waals surface area contributed by atoms with Gasteiger partial charge in [0.15, 0.2) is 5.75 Å². The zero-order valence-corrected chi connectivity index (χ0v) is 19.4. The van der Waals surface area contributed by atoms with Gasteiger partial charge in [0.25, 0.3) is 0 Å². The van der Waals surface area contributed by atoms with Crippen LogP contribution in [0.1, 0.15) is 20.3 Å². The second kappa shape index (κ2) is 11.1. The molecule has 164 valence electrons. The molecule has 0 spiro atoms. The topological polar surface area (TPSA) is 78.9 Å². The second-order valence-corrected chi connectivity index (χ2v) is 9.31. The van der Waals surface area contributed by atoms with E-state index in [2.05, 4.69) is 0 Å². The summed E-state index contributed by atoms with van der Waals surface area (Å²) in [6.45, 7) is 3.66. The molecule has 1 atom stereocenters. The first-order chi connectivity index (χ1) is 14.2. The maximum Gasteiger partial charge on any atom is 0.303 e. The van der Waals surface area contributed by atoms with E-state index >= 15 is 0 Å². The number of esters is 1. The second-order valence-electron chi connectivity index (χ2n) is 6.24. The molecule has 0 aliphatic heterocycles. The molecule has 2 aromatic carbocycles. The number of carbonyl (C=O) groups is 1. The van der Waals surface area contributed by atoms with E-state index in [-0.39, 0.29) is 38.1 Å². The summed E-state index contributed by atoms with van der Waals surface area (Å²) in [5.41, 5.74) is 0. The molecule has 10 heteroatoms. The molecular formula is C20H21Cl3O6S. The van der Waals surface area contributed by atoms with Gasteiger partial charge in [-0.3, -0.25) is 4.79 Å². The van der Waals surface area contributed by atoms with E-state index in [0.717, 1.165) is 6.42 Å². The molecule has 0 amide bonds. The van der Waals surface area contributed by atoms with Crippen molar-refractivity contribution in [2.45, 2.75) is 36.2 Å². The van der Waals surface area contributed by atoms with Crippen LogP contribution in [0.15, 0.2) is 46.2 Å². The van der Waals surface area contributed by atoms with Crippen LogP contribution < -0.4 is 9.47 Å². The van der Waals surface area contributed by atoms with Crippen molar-refractivity contribution in [3.63, 3.8) is 0 Å². The van der Waals surface area contributed by atoms with Crippen LogP contribution >= 0.6 is 34.8 Å². The predicted octanol–water partition coefficient (Wildman–Crippen LogP) is 5.16. The van der Waals surface area contributed by atoms with Crippen molar-refractivity contribution in [2.24, 2.45) is 0 Å². The Hall–Kier alpha value is -1.67. The highest BCUT2D eigenvalue weighted by molar-refractivity contribution is 7.91. The number of rotatable bonds is 10. The first-order valence-electron chi connectivity index (χ1n) is 9.02. The maximum atomic E-state index is 12.9. The van der Waals surface area contributed by atoms with E-state index in [0.29, 0.717) is 12.4 Å². The maximum absolute atomic E-state index is 12.9. The van der Waals surface area contributed by atoms with Crippen molar-refractivity contribution in [3.8, 4) is 11.5 Å². The smallest absolute Gasteiger partial charge is 0.303 e. The largest absolute Gasteiger partial charge is 0.490 e. The van der Waals surface area contributed by atoms with Gasteiger partial charge in [-0.15, -0.1) is 11.6 Å². The molecule has 0 aliphatic rings. The predicted molar refractivity (Wildman–Crippen MR) is 116 cm³/mol. The standard InChI is InChI=1S/C20H21Cl3O6S/c1-3-8-27-20-18(22)9-17(10-19(20)23)30(25,26)16-6-4-14(5-7-16)28-12-15(11-21)29-13(2)24/h4-7,9-10,15H,3,8,11-12H2,1-2H3/t15-/m1/s1. The van der Waals surface area contributed by atoms with Gasteiger partial charge in [-0.2, -0.15) is 0 Å². The van der Waals surface area contributed by atoms with Crippen LogP contribution in [0.5, 0.6) is 11.5 Å². The van der Waals surface area contributed by atoms with Crippen molar-refractivity contribution in [3.05, 3.63) is 46.4 Å². The van der Waals surface area contributed by atoms with Gasteiger partial charge in [0.1, 0.15) is 18.5 Å². The summed E-state index contributed by atoms with van der Waals surface area (Å²) in [5.74, 6) is 0.264.